The summed E-state index contributed by atoms with van der Waals surface area (Å²) in [5.41, 5.74) is 5.47. The first-order valence-corrected chi connectivity index (χ1v) is 23.1. The minimum absolute atomic E-state index is 0.00610. The lowest BCUT2D eigenvalue weighted by Gasteiger charge is -2.22. The number of hydrogen-bond donors (Lipinski definition) is 1. The predicted molar refractivity (Wildman–Crippen MR) is 214 cm³/mol. The summed E-state index contributed by atoms with van der Waals surface area (Å²) in [5, 5.41) is 0. The third-order valence-corrected chi connectivity index (χ3v) is 10.2. The van der Waals surface area contributed by atoms with Crippen molar-refractivity contribution in [2.75, 3.05) is 26.4 Å². The van der Waals surface area contributed by atoms with Crippen LogP contribution in [0.15, 0.2) is 24.3 Å². The number of unbranched alkanes of at least 4 members (excludes halogenated alkanes) is 22. The van der Waals surface area contributed by atoms with Gasteiger partial charge in [0.15, 0.2) is 0 Å². The monoisotopic (exact) mass is 742 g/mol. The van der Waals surface area contributed by atoms with Crippen molar-refractivity contribution in [2.24, 2.45) is 5.73 Å². The molecule has 0 saturated carbocycles. The Bertz CT molecular complexity index is 894. The molecule has 0 amide bonds. The van der Waals surface area contributed by atoms with Crippen molar-refractivity contribution in [1.82, 2.24) is 0 Å². The molecule has 0 aliphatic rings. The Morgan fingerprint density at radius 1 is 0.569 bits per heavy atom. The highest BCUT2D eigenvalue weighted by Crippen LogP contribution is 2.45. The van der Waals surface area contributed by atoms with E-state index in [1.54, 1.807) is 0 Å². The van der Waals surface area contributed by atoms with Crippen LogP contribution in [0, 0.1) is 0 Å². The van der Waals surface area contributed by atoms with Crippen molar-refractivity contribution in [1.29, 1.82) is 0 Å². The van der Waals surface area contributed by atoms with E-state index in [-0.39, 0.29) is 38.6 Å². The summed E-state index contributed by atoms with van der Waals surface area (Å²) in [7, 11) is -3.50. The van der Waals surface area contributed by atoms with Gasteiger partial charge in [0, 0.05) is 32.5 Å². The molecule has 0 aliphatic carbocycles. The van der Waals surface area contributed by atoms with Gasteiger partial charge in [-0.15, -0.1) is 0 Å². The lowest BCUT2D eigenvalue weighted by atomic mass is 10.1. The van der Waals surface area contributed by atoms with Gasteiger partial charge < -0.3 is 19.7 Å². The van der Waals surface area contributed by atoms with Crippen LogP contribution >= 0.6 is 7.60 Å². The van der Waals surface area contributed by atoms with E-state index in [1.165, 1.54) is 109 Å². The smallest absolute Gasteiger partial charge is 0.330 e. The number of ether oxygens (including phenoxy) is 2. The molecule has 0 aromatic rings. The van der Waals surface area contributed by atoms with Crippen molar-refractivity contribution in [3.05, 3.63) is 24.3 Å². The van der Waals surface area contributed by atoms with E-state index in [4.69, 9.17) is 24.3 Å². The second kappa shape index (κ2) is 38.3. The minimum Gasteiger partial charge on any atom is -0.465 e. The van der Waals surface area contributed by atoms with Gasteiger partial charge in [-0.05, 0) is 64.2 Å². The van der Waals surface area contributed by atoms with E-state index in [0.29, 0.717) is 6.42 Å². The highest BCUT2D eigenvalue weighted by Gasteiger charge is 2.26. The summed E-state index contributed by atoms with van der Waals surface area (Å²) in [6.07, 6.45) is 39.8. The zero-order valence-electron chi connectivity index (χ0n) is 33.4. The normalized spacial score (nSPS) is 13.6. The van der Waals surface area contributed by atoms with E-state index < -0.39 is 19.9 Å². The Balaban J connectivity index is 4.13. The molecule has 0 aliphatic heterocycles. The van der Waals surface area contributed by atoms with Crippen molar-refractivity contribution < 1.29 is 32.7 Å². The quantitative estimate of drug-likeness (QED) is 0.0218. The van der Waals surface area contributed by atoms with Crippen molar-refractivity contribution in [3.63, 3.8) is 0 Å². The lowest BCUT2D eigenvalue weighted by molar-refractivity contribution is -0.167. The second-order valence-electron chi connectivity index (χ2n) is 14.1. The van der Waals surface area contributed by atoms with E-state index in [0.717, 1.165) is 64.2 Å². The zero-order chi connectivity index (χ0) is 37.5. The summed E-state index contributed by atoms with van der Waals surface area (Å²) < 4.78 is 34.4. The van der Waals surface area contributed by atoms with Crippen LogP contribution in [0.5, 0.6) is 0 Å². The van der Waals surface area contributed by atoms with Crippen LogP contribution < -0.4 is 5.73 Å². The van der Waals surface area contributed by atoms with E-state index in [9.17, 15) is 14.2 Å². The Kier molecular flexibility index (Phi) is 37.2. The maximum Gasteiger partial charge on any atom is 0.330 e. The van der Waals surface area contributed by atoms with Crippen LogP contribution in [0.2, 0.25) is 0 Å². The van der Waals surface area contributed by atoms with Gasteiger partial charge in [-0.1, -0.05) is 141 Å². The van der Waals surface area contributed by atoms with Crippen LogP contribution in [-0.4, -0.2) is 44.7 Å². The first-order valence-electron chi connectivity index (χ1n) is 21.1. The summed E-state index contributed by atoms with van der Waals surface area (Å²) in [6, 6.07) is 0. The number of allylic oxidation sites excluding steroid dienone is 4. The summed E-state index contributed by atoms with van der Waals surface area (Å²) in [4.78, 5) is 24.9. The van der Waals surface area contributed by atoms with Gasteiger partial charge in [0.05, 0.1) is 13.2 Å². The first-order chi connectivity index (χ1) is 24.8. The van der Waals surface area contributed by atoms with Gasteiger partial charge in [0.1, 0.15) is 0 Å². The fraction of sp³-hybridized carbons (Fsp3) is 0.857. The van der Waals surface area contributed by atoms with Crippen LogP contribution in [0.3, 0.4) is 0 Å². The molecule has 0 spiro atoms. The molecule has 2 unspecified atom stereocenters. The molecule has 0 rings (SSSR count). The van der Waals surface area contributed by atoms with E-state index in [2.05, 4.69) is 38.2 Å². The molecule has 0 aromatic carbocycles. The van der Waals surface area contributed by atoms with Crippen LogP contribution in [0.4, 0.5) is 0 Å². The molecular weight excluding hydrogens is 661 g/mol. The van der Waals surface area contributed by atoms with Gasteiger partial charge >= 0.3 is 19.5 Å². The van der Waals surface area contributed by atoms with E-state index in [1.807, 2.05) is 0 Å². The van der Waals surface area contributed by atoms with E-state index >= 15 is 0 Å². The van der Waals surface area contributed by atoms with Crippen LogP contribution in [0.25, 0.3) is 0 Å². The average Bonchev–Trinajstić information content (AvgIpc) is 3.10. The number of carbonyl (C=O) groups is 2. The molecule has 0 radical (unpaired) electrons. The molecule has 0 aromatic heterocycles. The first kappa shape index (κ1) is 49.5. The lowest BCUT2D eigenvalue weighted by Crippen LogP contribution is -2.24. The summed E-state index contributed by atoms with van der Waals surface area (Å²) in [6.45, 7) is 6.09. The average molecular weight is 742 g/mol. The molecule has 2 atom stereocenters. The molecule has 2 N–H and O–H groups in total. The number of nitrogens with two attached hydrogens (primary N) is 1. The Labute approximate surface area is 314 Å². The SMILES string of the molecule is CCCCCCCCC=CCCCCCCCC(=O)OCCC(OC(=O)CCCCCCCC=CCCCCCCCC)OP(C)(=O)OCCN. The standard InChI is InChI=1S/C42H80NO7P/c1-4-6-8-10-12-14-16-18-20-22-24-26-28-30-32-34-40(44)47-38-36-42(50-51(3,46)48-39-37-43)49-41(45)35-33-31-29-27-25-23-21-19-17-15-13-11-9-7-5-2/h18-21,42H,4-17,22-39,43H2,1-3H3. The predicted octanol–water partition coefficient (Wildman–Crippen LogP) is 12.7. The summed E-state index contributed by atoms with van der Waals surface area (Å²) in [5.74, 6) is -0.707. The topological polar surface area (TPSA) is 114 Å². The fourth-order valence-corrected chi connectivity index (χ4v) is 6.90. The maximum atomic E-state index is 12.7. The molecule has 0 heterocycles. The van der Waals surface area contributed by atoms with Crippen molar-refractivity contribution in [3.8, 4) is 0 Å². The number of esters is 2. The maximum absolute atomic E-state index is 12.7. The highest BCUT2D eigenvalue weighted by molar-refractivity contribution is 7.53. The molecule has 8 nitrogen and oxygen atoms in total. The third-order valence-electron chi connectivity index (χ3n) is 8.92. The Hall–Kier alpha value is -1.47. The van der Waals surface area contributed by atoms with Gasteiger partial charge in [-0.3, -0.25) is 18.7 Å². The molecule has 0 bridgehead atoms. The molecular formula is C42H80NO7P. The van der Waals surface area contributed by atoms with Crippen LogP contribution in [0.1, 0.15) is 200 Å². The Morgan fingerprint density at radius 3 is 1.39 bits per heavy atom. The number of rotatable bonds is 39. The molecule has 51 heavy (non-hydrogen) atoms. The zero-order valence-corrected chi connectivity index (χ0v) is 34.3. The van der Waals surface area contributed by atoms with Gasteiger partial charge in [0.25, 0.3) is 0 Å². The van der Waals surface area contributed by atoms with Gasteiger partial charge in [-0.25, -0.2) is 0 Å². The van der Waals surface area contributed by atoms with Crippen molar-refractivity contribution in [2.45, 2.75) is 206 Å². The Morgan fingerprint density at radius 2 is 0.961 bits per heavy atom. The third kappa shape index (κ3) is 38.1. The second-order valence-corrected chi connectivity index (χ2v) is 16.1. The molecule has 9 heteroatoms. The largest absolute Gasteiger partial charge is 0.465 e. The fourth-order valence-electron chi connectivity index (χ4n) is 5.82. The van der Waals surface area contributed by atoms with Crippen molar-refractivity contribution >= 4 is 19.5 Å². The highest BCUT2D eigenvalue weighted by atomic mass is 31.2. The van der Waals surface area contributed by atoms with Crippen LogP contribution in [-0.2, 0) is 32.7 Å². The molecule has 0 fully saturated rings. The molecule has 300 valence electrons. The summed E-state index contributed by atoms with van der Waals surface area (Å²) >= 11 is 0. The molecule has 0 saturated heterocycles. The number of carbonyl (C=O) groups excluding carboxylic acids is 2. The van der Waals surface area contributed by atoms with Gasteiger partial charge in [0.2, 0.25) is 6.29 Å². The minimum atomic E-state index is -3.50. The number of hydrogen-bond acceptors (Lipinski definition) is 8. The van der Waals surface area contributed by atoms with Gasteiger partial charge in [-0.2, -0.15) is 0 Å².